The smallest absolute Gasteiger partial charge is 0.128 e. The van der Waals surface area contributed by atoms with Crippen LogP contribution in [0.4, 0.5) is 4.39 Å². The lowest BCUT2D eigenvalue weighted by Gasteiger charge is -2.17. The topological polar surface area (TPSA) is 12.0 Å². The van der Waals surface area contributed by atoms with E-state index in [0.29, 0.717) is 0 Å². The fraction of sp³-hybridized carbons (Fsp3) is 0.200. The standard InChI is InChI=1S/C15H15BrFNS/c1-18-15(13-4-2-3-5-14(13)17)10-19-12-8-6-11(16)7-9-12/h2-9,15,18H,10H2,1H3. The van der Waals surface area contributed by atoms with Crippen molar-refractivity contribution in [1.29, 1.82) is 0 Å². The van der Waals surface area contributed by atoms with E-state index in [2.05, 4.69) is 33.4 Å². The third-order valence-corrected chi connectivity index (χ3v) is 4.49. The zero-order valence-electron chi connectivity index (χ0n) is 10.6. The summed E-state index contributed by atoms with van der Waals surface area (Å²) in [5.74, 6) is 0.636. The molecule has 2 rings (SSSR count). The van der Waals surface area contributed by atoms with Crippen LogP contribution in [0, 0.1) is 5.82 Å². The number of hydrogen-bond acceptors (Lipinski definition) is 2. The van der Waals surface area contributed by atoms with Gasteiger partial charge >= 0.3 is 0 Å². The van der Waals surface area contributed by atoms with Crippen LogP contribution in [-0.4, -0.2) is 12.8 Å². The minimum Gasteiger partial charge on any atom is -0.312 e. The molecule has 0 radical (unpaired) electrons. The van der Waals surface area contributed by atoms with E-state index in [-0.39, 0.29) is 11.9 Å². The number of nitrogens with one attached hydrogen (secondary N) is 1. The molecular formula is C15H15BrFNS. The Labute approximate surface area is 125 Å². The highest BCUT2D eigenvalue weighted by atomic mass is 79.9. The molecule has 0 fully saturated rings. The Balaban J connectivity index is 2.04. The summed E-state index contributed by atoms with van der Waals surface area (Å²) in [4.78, 5) is 1.18. The average molecular weight is 340 g/mol. The highest BCUT2D eigenvalue weighted by Crippen LogP contribution is 2.26. The second kappa shape index (κ2) is 7.08. The molecule has 2 aromatic carbocycles. The molecule has 0 saturated carbocycles. The fourth-order valence-electron chi connectivity index (χ4n) is 1.80. The Morgan fingerprint density at radius 1 is 1.16 bits per heavy atom. The molecule has 1 nitrogen and oxygen atoms in total. The van der Waals surface area contributed by atoms with Gasteiger partial charge in [0.2, 0.25) is 0 Å². The van der Waals surface area contributed by atoms with Crippen LogP contribution in [0.25, 0.3) is 0 Å². The van der Waals surface area contributed by atoms with Crippen molar-refractivity contribution in [3.05, 3.63) is 64.4 Å². The molecule has 100 valence electrons. The lowest BCUT2D eigenvalue weighted by molar-refractivity contribution is 0.566. The zero-order chi connectivity index (χ0) is 13.7. The summed E-state index contributed by atoms with van der Waals surface area (Å²) in [6, 6.07) is 15.1. The van der Waals surface area contributed by atoms with Gasteiger partial charge in [-0.15, -0.1) is 11.8 Å². The van der Waals surface area contributed by atoms with E-state index in [9.17, 15) is 4.39 Å². The van der Waals surface area contributed by atoms with E-state index < -0.39 is 0 Å². The van der Waals surface area contributed by atoms with Crippen LogP contribution in [0.5, 0.6) is 0 Å². The molecule has 0 heterocycles. The predicted octanol–water partition coefficient (Wildman–Crippen LogP) is 4.64. The van der Waals surface area contributed by atoms with E-state index in [1.165, 1.54) is 11.0 Å². The van der Waals surface area contributed by atoms with Crippen LogP contribution in [0.2, 0.25) is 0 Å². The van der Waals surface area contributed by atoms with Gasteiger partial charge in [-0.25, -0.2) is 4.39 Å². The number of hydrogen-bond donors (Lipinski definition) is 1. The van der Waals surface area contributed by atoms with Crippen molar-refractivity contribution in [1.82, 2.24) is 5.32 Å². The molecule has 0 saturated heterocycles. The Morgan fingerprint density at radius 3 is 2.47 bits per heavy atom. The average Bonchev–Trinajstić information content (AvgIpc) is 2.43. The van der Waals surface area contributed by atoms with Crippen LogP contribution in [-0.2, 0) is 0 Å². The molecule has 1 atom stereocenters. The number of rotatable bonds is 5. The van der Waals surface area contributed by atoms with Gasteiger partial charge in [-0.3, -0.25) is 0 Å². The minimum absolute atomic E-state index is 0.00912. The first-order chi connectivity index (χ1) is 9.20. The summed E-state index contributed by atoms with van der Waals surface area (Å²) in [7, 11) is 1.86. The molecule has 4 heteroatoms. The second-order valence-corrected chi connectivity index (χ2v) is 6.14. The highest BCUT2D eigenvalue weighted by Gasteiger charge is 2.13. The van der Waals surface area contributed by atoms with Crippen LogP contribution in [0.3, 0.4) is 0 Å². The first-order valence-corrected chi connectivity index (χ1v) is 7.78. The molecule has 0 aliphatic carbocycles. The molecule has 0 amide bonds. The first kappa shape index (κ1) is 14.6. The van der Waals surface area contributed by atoms with Crippen molar-refractivity contribution in [3.8, 4) is 0 Å². The summed E-state index contributed by atoms with van der Waals surface area (Å²) in [6.45, 7) is 0. The Morgan fingerprint density at radius 2 is 1.84 bits per heavy atom. The molecule has 19 heavy (non-hydrogen) atoms. The van der Waals surface area contributed by atoms with Gasteiger partial charge in [0.05, 0.1) is 0 Å². The van der Waals surface area contributed by atoms with Gasteiger partial charge in [0.15, 0.2) is 0 Å². The van der Waals surface area contributed by atoms with E-state index in [0.717, 1.165) is 15.8 Å². The summed E-state index contributed by atoms with van der Waals surface area (Å²) in [5, 5.41) is 3.17. The molecule has 0 bridgehead atoms. The monoisotopic (exact) mass is 339 g/mol. The van der Waals surface area contributed by atoms with Gasteiger partial charge in [-0.1, -0.05) is 34.1 Å². The van der Waals surface area contributed by atoms with Crippen molar-refractivity contribution in [2.24, 2.45) is 0 Å². The molecular weight excluding hydrogens is 325 g/mol. The maximum atomic E-state index is 13.7. The van der Waals surface area contributed by atoms with Crippen LogP contribution in [0.1, 0.15) is 11.6 Å². The maximum absolute atomic E-state index is 13.7. The van der Waals surface area contributed by atoms with E-state index in [4.69, 9.17) is 0 Å². The first-order valence-electron chi connectivity index (χ1n) is 6.01. The third-order valence-electron chi connectivity index (χ3n) is 2.86. The second-order valence-electron chi connectivity index (χ2n) is 4.13. The minimum atomic E-state index is -0.154. The largest absolute Gasteiger partial charge is 0.312 e. The molecule has 0 spiro atoms. The summed E-state index contributed by atoms with van der Waals surface area (Å²) in [5.41, 5.74) is 0.717. The van der Waals surface area contributed by atoms with Crippen LogP contribution < -0.4 is 5.32 Å². The van der Waals surface area contributed by atoms with Gasteiger partial charge in [-0.2, -0.15) is 0 Å². The van der Waals surface area contributed by atoms with Crippen molar-refractivity contribution in [3.63, 3.8) is 0 Å². The number of thioether (sulfide) groups is 1. The number of benzene rings is 2. The Kier molecular flexibility index (Phi) is 5.43. The maximum Gasteiger partial charge on any atom is 0.128 e. The Bertz CT molecular complexity index is 530. The SMILES string of the molecule is CNC(CSc1ccc(Br)cc1)c1ccccc1F. The summed E-state index contributed by atoms with van der Waals surface area (Å²) >= 11 is 5.13. The van der Waals surface area contributed by atoms with Crippen molar-refractivity contribution < 1.29 is 4.39 Å². The van der Waals surface area contributed by atoms with Crippen molar-refractivity contribution >= 4 is 27.7 Å². The normalized spacial score (nSPS) is 12.4. The van der Waals surface area contributed by atoms with E-state index >= 15 is 0 Å². The number of halogens is 2. The van der Waals surface area contributed by atoms with E-state index in [1.54, 1.807) is 17.8 Å². The molecule has 0 aromatic heterocycles. The van der Waals surface area contributed by atoms with Gasteiger partial charge < -0.3 is 5.32 Å². The highest BCUT2D eigenvalue weighted by molar-refractivity contribution is 9.10. The quantitative estimate of drug-likeness (QED) is 0.796. The van der Waals surface area contributed by atoms with Gasteiger partial charge in [0, 0.05) is 26.7 Å². The lowest BCUT2D eigenvalue weighted by Crippen LogP contribution is -2.19. The summed E-state index contributed by atoms with van der Waals surface area (Å²) < 4.78 is 14.8. The van der Waals surface area contributed by atoms with Crippen LogP contribution in [0.15, 0.2) is 57.9 Å². The predicted molar refractivity (Wildman–Crippen MR) is 83.1 cm³/mol. The van der Waals surface area contributed by atoms with Gasteiger partial charge in [0.1, 0.15) is 5.82 Å². The zero-order valence-corrected chi connectivity index (χ0v) is 13.0. The molecule has 1 N–H and O–H groups in total. The van der Waals surface area contributed by atoms with Gasteiger partial charge in [-0.05, 0) is 37.4 Å². The van der Waals surface area contributed by atoms with Crippen molar-refractivity contribution in [2.75, 3.05) is 12.8 Å². The molecule has 0 aliphatic heterocycles. The van der Waals surface area contributed by atoms with Gasteiger partial charge in [0.25, 0.3) is 0 Å². The third kappa shape index (κ3) is 4.06. The summed E-state index contributed by atoms with van der Waals surface area (Å²) in [6.07, 6.45) is 0. The molecule has 2 aromatic rings. The lowest BCUT2D eigenvalue weighted by atomic mass is 10.1. The van der Waals surface area contributed by atoms with E-state index in [1.807, 2.05) is 31.3 Å². The fourth-order valence-corrected chi connectivity index (χ4v) is 3.09. The molecule has 0 aliphatic rings. The van der Waals surface area contributed by atoms with Crippen molar-refractivity contribution in [2.45, 2.75) is 10.9 Å². The van der Waals surface area contributed by atoms with Crippen LogP contribution >= 0.6 is 27.7 Å². The Hall–Kier alpha value is -0.840. The molecule has 1 unspecified atom stereocenters.